The smallest absolute Gasteiger partial charge is 0.293 e. The molecule has 3 aliphatic rings. The van der Waals surface area contributed by atoms with Crippen LogP contribution in [-0.4, -0.2) is 115 Å². The third-order valence-electron chi connectivity index (χ3n) is 12.4. The number of carbonyl (C=O) groups is 3. The maximum Gasteiger partial charge on any atom is 0.293 e. The Kier molecular flexibility index (Phi) is 14.3. The molecule has 15 heteroatoms. The van der Waals surface area contributed by atoms with Crippen LogP contribution in [0.5, 0.6) is 0 Å². The molecule has 60 heavy (non-hydrogen) atoms. The molecule has 6 heterocycles. The number of morpholine rings is 1. The molecule has 2 amide bonds. The number of hydrazine groups is 1. The average molecular weight is 844 g/mol. The number of piperidine rings is 1. The molecule has 4 aromatic rings. The molecule has 0 bridgehead atoms. The lowest BCUT2D eigenvalue weighted by Gasteiger charge is -2.42. The summed E-state index contributed by atoms with van der Waals surface area (Å²) in [6.07, 6.45) is 6.13. The van der Waals surface area contributed by atoms with Gasteiger partial charge in [0.25, 0.3) is 12.4 Å². The molecule has 0 saturated carbocycles. The molecule has 3 fully saturated rings. The monoisotopic (exact) mass is 843 g/mol. The minimum atomic E-state index is -0.949. The zero-order valence-corrected chi connectivity index (χ0v) is 36.7. The molecule has 0 aliphatic carbocycles. The molecule has 0 radical (unpaired) electrons. The van der Waals surface area contributed by atoms with Gasteiger partial charge in [-0.25, -0.2) is 10.4 Å². The minimum absolute atomic E-state index is 0.256. The number of aryl methyl sites for hydroxylation is 1. The molecule has 5 atom stereocenters. The SMILES string of the molecule is CCOC(c1nc(-c2ccc3c(c2)c(CC(C)(C)COC=O)c(-c2cc(C4CCN5CCOCC5C4)cnc2C(C)OC)n3CC)cs1)C(NC=O)C(=O)N1CCCCN1. The van der Waals surface area contributed by atoms with Gasteiger partial charge in [0, 0.05) is 85.0 Å². The van der Waals surface area contributed by atoms with Gasteiger partial charge in [0.15, 0.2) is 0 Å². The number of pyridine rings is 1. The molecule has 2 N–H and O–H groups in total. The highest BCUT2D eigenvalue weighted by molar-refractivity contribution is 7.10. The number of fused-ring (bicyclic) bond motifs is 2. The highest BCUT2D eigenvalue weighted by Gasteiger charge is 2.37. The summed E-state index contributed by atoms with van der Waals surface area (Å²) >= 11 is 1.41. The van der Waals surface area contributed by atoms with Gasteiger partial charge < -0.3 is 28.8 Å². The van der Waals surface area contributed by atoms with Crippen molar-refractivity contribution in [2.24, 2.45) is 5.41 Å². The van der Waals surface area contributed by atoms with Gasteiger partial charge in [0.05, 0.1) is 43.0 Å². The highest BCUT2D eigenvalue weighted by Crippen LogP contribution is 2.44. The van der Waals surface area contributed by atoms with Gasteiger partial charge in [0.2, 0.25) is 6.41 Å². The Labute approximate surface area is 357 Å². The van der Waals surface area contributed by atoms with E-state index in [4.69, 9.17) is 28.9 Å². The predicted molar refractivity (Wildman–Crippen MR) is 231 cm³/mol. The first kappa shape index (κ1) is 43.8. The van der Waals surface area contributed by atoms with E-state index < -0.39 is 17.6 Å². The number of rotatable bonds is 18. The summed E-state index contributed by atoms with van der Waals surface area (Å²) in [4.78, 5) is 49.9. The van der Waals surface area contributed by atoms with Crippen molar-refractivity contribution in [2.45, 2.75) is 103 Å². The van der Waals surface area contributed by atoms with Crippen LogP contribution in [-0.2, 0) is 46.3 Å². The standard InChI is InChI=1S/C45H61N7O7S/c1-7-51-38-12-11-31(37-25-60-43(49-37)42(59-8-2)40(47-27-53)44(55)52-15-10-9-14-48-52)20-34(38)36(22-45(4,5)26-58-28-54)41(51)35-21-32(23-46-39(35)29(3)56-6)30-13-16-50-17-18-57-24-33(50)19-30/h11-12,20-21,23,25,27-30,33,40,42,48H,7-10,13-19,22,24,26H2,1-6H3,(H,47,53). The van der Waals surface area contributed by atoms with Crippen LogP contribution in [0.3, 0.4) is 0 Å². The van der Waals surface area contributed by atoms with Gasteiger partial charge in [-0.2, -0.15) is 0 Å². The Morgan fingerprint density at radius 3 is 2.75 bits per heavy atom. The second-order valence-corrected chi connectivity index (χ2v) is 17.8. The molecule has 7 rings (SSSR count). The van der Waals surface area contributed by atoms with E-state index in [1.54, 1.807) is 12.1 Å². The number of hydrogen-bond acceptors (Lipinski definition) is 12. The molecule has 3 aromatic heterocycles. The zero-order chi connectivity index (χ0) is 42.4. The Morgan fingerprint density at radius 1 is 1.17 bits per heavy atom. The Hall–Kier alpha value is -4.25. The summed E-state index contributed by atoms with van der Waals surface area (Å²) in [5, 5.41) is 7.97. The summed E-state index contributed by atoms with van der Waals surface area (Å²) in [5.74, 6) is 0.0945. The van der Waals surface area contributed by atoms with Gasteiger partial charge in [0.1, 0.15) is 17.2 Å². The first-order chi connectivity index (χ1) is 29.1. The summed E-state index contributed by atoms with van der Waals surface area (Å²) in [7, 11) is 1.72. The van der Waals surface area contributed by atoms with Crippen LogP contribution in [0.2, 0.25) is 0 Å². The van der Waals surface area contributed by atoms with Crippen LogP contribution in [0.1, 0.15) is 100 Å². The fraction of sp³-hybridized carbons (Fsp3) is 0.578. The van der Waals surface area contributed by atoms with Crippen molar-refractivity contribution in [3.8, 4) is 22.5 Å². The van der Waals surface area contributed by atoms with Crippen molar-refractivity contribution in [1.82, 2.24) is 35.2 Å². The lowest BCUT2D eigenvalue weighted by atomic mass is 9.82. The number of nitrogens with zero attached hydrogens (tertiary/aromatic N) is 5. The van der Waals surface area contributed by atoms with Crippen molar-refractivity contribution < 1.29 is 33.3 Å². The molecule has 14 nitrogen and oxygen atoms in total. The number of thiazole rings is 1. The normalized spacial score (nSPS) is 20.3. The van der Waals surface area contributed by atoms with E-state index in [9.17, 15) is 14.4 Å². The van der Waals surface area contributed by atoms with E-state index in [1.165, 1.54) is 16.9 Å². The summed E-state index contributed by atoms with van der Waals surface area (Å²) in [6, 6.07) is 8.26. The van der Waals surface area contributed by atoms with Gasteiger partial charge in [-0.1, -0.05) is 19.9 Å². The minimum Gasteiger partial charge on any atom is -0.467 e. The lowest BCUT2D eigenvalue weighted by Crippen LogP contribution is -2.56. The summed E-state index contributed by atoms with van der Waals surface area (Å²) in [5.41, 5.74) is 10.8. The van der Waals surface area contributed by atoms with Crippen LogP contribution < -0.4 is 10.7 Å². The van der Waals surface area contributed by atoms with E-state index in [2.05, 4.69) is 71.4 Å². The number of hydrogen-bond donors (Lipinski definition) is 2. The molecule has 324 valence electrons. The molecule has 0 spiro atoms. The van der Waals surface area contributed by atoms with Gasteiger partial charge in [-0.3, -0.25) is 29.3 Å². The van der Waals surface area contributed by atoms with Crippen LogP contribution in [0.15, 0.2) is 35.8 Å². The highest BCUT2D eigenvalue weighted by atomic mass is 32.1. The van der Waals surface area contributed by atoms with Crippen molar-refractivity contribution in [1.29, 1.82) is 0 Å². The van der Waals surface area contributed by atoms with Crippen molar-refractivity contribution >= 4 is 41.0 Å². The zero-order valence-electron chi connectivity index (χ0n) is 35.9. The van der Waals surface area contributed by atoms with E-state index in [0.29, 0.717) is 62.5 Å². The van der Waals surface area contributed by atoms with Gasteiger partial charge in [-0.15, -0.1) is 11.3 Å². The Balaban J connectivity index is 1.33. The molecular weight excluding hydrogens is 783 g/mol. The number of ether oxygens (including phenoxy) is 4. The van der Waals surface area contributed by atoms with Crippen LogP contribution >= 0.6 is 11.3 Å². The fourth-order valence-electron chi connectivity index (χ4n) is 9.25. The number of methoxy groups -OCH3 is 1. The topological polar surface area (TPSA) is 149 Å². The van der Waals surface area contributed by atoms with Gasteiger partial charge >= 0.3 is 0 Å². The third kappa shape index (κ3) is 9.31. The Bertz CT molecular complexity index is 2110. The number of benzene rings is 1. The van der Waals surface area contributed by atoms with E-state index in [1.807, 2.05) is 19.2 Å². The summed E-state index contributed by atoms with van der Waals surface area (Å²) < 4.78 is 25.8. The number of amides is 2. The maximum atomic E-state index is 13.7. The maximum absolute atomic E-state index is 13.7. The second-order valence-electron chi connectivity index (χ2n) is 16.9. The summed E-state index contributed by atoms with van der Waals surface area (Å²) in [6.45, 7) is 17.0. The second kappa shape index (κ2) is 19.6. The number of nitrogens with one attached hydrogen (secondary N) is 2. The lowest BCUT2D eigenvalue weighted by molar-refractivity contribution is -0.143. The molecule has 3 aliphatic heterocycles. The van der Waals surface area contributed by atoms with Crippen LogP contribution in [0.25, 0.3) is 33.4 Å². The van der Waals surface area contributed by atoms with Crippen LogP contribution in [0, 0.1) is 5.41 Å². The fourth-order valence-corrected chi connectivity index (χ4v) is 10.2. The van der Waals surface area contributed by atoms with E-state index in [0.717, 1.165) is 96.7 Å². The number of aromatic nitrogens is 3. The first-order valence-electron chi connectivity index (χ1n) is 21.5. The molecule has 5 unspecified atom stereocenters. The van der Waals surface area contributed by atoms with Crippen molar-refractivity contribution in [3.63, 3.8) is 0 Å². The largest absolute Gasteiger partial charge is 0.467 e. The average Bonchev–Trinajstić information content (AvgIpc) is 3.89. The quantitative estimate of drug-likeness (QED) is 0.111. The van der Waals surface area contributed by atoms with Crippen molar-refractivity contribution in [2.75, 3.05) is 59.7 Å². The molecular formula is C45H61N7O7S. The van der Waals surface area contributed by atoms with E-state index >= 15 is 0 Å². The number of carbonyl (C=O) groups excluding carboxylic acids is 3. The third-order valence-corrected chi connectivity index (χ3v) is 13.3. The predicted octanol–water partition coefficient (Wildman–Crippen LogP) is 6.19. The first-order valence-corrected chi connectivity index (χ1v) is 22.4. The molecule has 3 saturated heterocycles. The van der Waals surface area contributed by atoms with Crippen molar-refractivity contribution in [3.05, 3.63) is 57.7 Å². The van der Waals surface area contributed by atoms with Crippen LogP contribution in [0.4, 0.5) is 0 Å². The molecule has 1 aromatic carbocycles. The Morgan fingerprint density at radius 2 is 2.02 bits per heavy atom. The van der Waals surface area contributed by atoms with Gasteiger partial charge in [-0.05, 0) is 94.7 Å². The van der Waals surface area contributed by atoms with E-state index in [-0.39, 0.29) is 18.6 Å².